The summed E-state index contributed by atoms with van der Waals surface area (Å²) in [5, 5.41) is 0. The fraction of sp³-hybridized carbons (Fsp3) is 0.444. The van der Waals surface area contributed by atoms with E-state index in [2.05, 4.69) is 4.90 Å². The number of methoxy groups -OCH3 is 1. The average molecular weight is 497 g/mol. The number of likely N-dealkylation sites (tertiary alicyclic amines) is 1. The van der Waals surface area contributed by atoms with Crippen LogP contribution in [0.5, 0.6) is 5.75 Å². The van der Waals surface area contributed by atoms with Crippen molar-refractivity contribution in [3.05, 3.63) is 59.9 Å². The normalized spacial score (nSPS) is 20.4. The van der Waals surface area contributed by atoms with Gasteiger partial charge < -0.3 is 19.4 Å². The molecule has 0 unspecified atom stereocenters. The van der Waals surface area contributed by atoms with Gasteiger partial charge in [0, 0.05) is 52.1 Å². The summed E-state index contributed by atoms with van der Waals surface area (Å²) in [6.07, 6.45) is -0.316. The number of imide groups is 1. The Kier molecular flexibility index (Phi) is 7.59. The molecule has 2 aromatic carbocycles. The predicted octanol–water partition coefficient (Wildman–Crippen LogP) is 2.13. The van der Waals surface area contributed by atoms with E-state index in [1.165, 1.54) is 23.1 Å². The first-order chi connectivity index (χ1) is 17.2. The van der Waals surface area contributed by atoms with Gasteiger partial charge in [-0.2, -0.15) is 0 Å². The zero-order valence-electron chi connectivity index (χ0n) is 21.1. The summed E-state index contributed by atoms with van der Waals surface area (Å²) in [4.78, 5) is 47.1. The minimum atomic E-state index is -1.40. The Morgan fingerprint density at radius 3 is 2.44 bits per heavy atom. The van der Waals surface area contributed by atoms with Gasteiger partial charge in [-0.15, -0.1) is 0 Å². The Hall–Kier alpha value is -3.46. The monoisotopic (exact) mass is 496 g/mol. The number of benzene rings is 2. The lowest BCUT2D eigenvalue weighted by atomic mass is 9.75. The first kappa shape index (κ1) is 25.6. The molecule has 0 radical (unpaired) electrons. The maximum atomic E-state index is 14.2. The second kappa shape index (κ2) is 10.7. The van der Waals surface area contributed by atoms with Gasteiger partial charge in [0.25, 0.3) is 0 Å². The smallest absolute Gasteiger partial charge is 0.240 e. The molecule has 36 heavy (non-hydrogen) atoms. The number of halogens is 1. The van der Waals surface area contributed by atoms with Crippen LogP contribution in [0, 0.1) is 5.82 Å². The lowest BCUT2D eigenvalue weighted by molar-refractivity contribution is -0.142. The molecule has 4 rings (SSSR count). The molecule has 0 bridgehead atoms. The molecular weight excluding hydrogens is 463 g/mol. The number of likely N-dealkylation sites (N-methyl/N-ethyl adjacent to an activating group) is 1. The number of amides is 3. The van der Waals surface area contributed by atoms with Crippen LogP contribution < -0.4 is 9.64 Å². The zero-order valence-corrected chi connectivity index (χ0v) is 21.1. The van der Waals surface area contributed by atoms with Crippen LogP contribution in [0.15, 0.2) is 48.5 Å². The van der Waals surface area contributed by atoms with Crippen LogP contribution in [0.2, 0.25) is 0 Å². The van der Waals surface area contributed by atoms with Gasteiger partial charge in [-0.3, -0.25) is 19.3 Å². The van der Waals surface area contributed by atoms with Crippen molar-refractivity contribution in [1.82, 2.24) is 14.7 Å². The molecule has 0 saturated carbocycles. The van der Waals surface area contributed by atoms with Crippen molar-refractivity contribution >= 4 is 23.4 Å². The van der Waals surface area contributed by atoms with Gasteiger partial charge in [0.15, 0.2) is 0 Å². The Morgan fingerprint density at radius 1 is 1.06 bits per heavy atom. The van der Waals surface area contributed by atoms with Gasteiger partial charge in [-0.05, 0) is 43.9 Å². The van der Waals surface area contributed by atoms with E-state index in [0.29, 0.717) is 38.3 Å². The van der Waals surface area contributed by atoms with Crippen LogP contribution in [0.3, 0.4) is 0 Å². The third-order valence-electron chi connectivity index (χ3n) is 7.07. The molecule has 192 valence electrons. The van der Waals surface area contributed by atoms with E-state index < -0.39 is 17.1 Å². The molecule has 1 atom stereocenters. The number of ether oxygens (including phenoxy) is 1. The molecule has 0 aromatic heterocycles. The summed E-state index contributed by atoms with van der Waals surface area (Å²) in [7, 11) is 5.35. The van der Waals surface area contributed by atoms with E-state index in [4.69, 9.17) is 4.74 Å². The molecule has 2 aliphatic rings. The van der Waals surface area contributed by atoms with Crippen molar-refractivity contribution in [1.29, 1.82) is 0 Å². The van der Waals surface area contributed by atoms with Crippen molar-refractivity contribution in [2.24, 2.45) is 0 Å². The van der Waals surface area contributed by atoms with E-state index in [9.17, 15) is 18.8 Å². The first-order valence-corrected chi connectivity index (χ1v) is 12.2. The SMILES string of the molecule is COc1ccccc1N1CCN(C(=O)C[C@@]2(c3cccc(F)c3)CC(=O)N(CCN(C)C)C2=O)CC1. The molecular formula is C27H33FN4O4. The molecule has 9 heteroatoms. The van der Waals surface area contributed by atoms with Crippen molar-refractivity contribution in [2.75, 3.05) is 65.4 Å². The molecule has 0 spiro atoms. The molecule has 0 N–H and O–H groups in total. The molecule has 2 heterocycles. The molecule has 2 fully saturated rings. The third kappa shape index (κ3) is 5.06. The number of hydrogen-bond donors (Lipinski definition) is 0. The number of piperazine rings is 1. The van der Waals surface area contributed by atoms with E-state index in [-0.39, 0.29) is 31.2 Å². The van der Waals surface area contributed by atoms with Crippen molar-refractivity contribution in [2.45, 2.75) is 18.3 Å². The van der Waals surface area contributed by atoms with Gasteiger partial charge in [-0.1, -0.05) is 24.3 Å². The Balaban J connectivity index is 1.53. The van der Waals surface area contributed by atoms with E-state index in [0.717, 1.165) is 11.4 Å². The number of nitrogens with zero attached hydrogens (tertiary/aromatic N) is 4. The van der Waals surface area contributed by atoms with Crippen molar-refractivity contribution in [3.63, 3.8) is 0 Å². The van der Waals surface area contributed by atoms with Gasteiger partial charge in [0.2, 0.25) is 17.7 Å². The molecule has 3 amide bonds. The van der Waals surface area contributed by atoms with Crippen LogP contribution in [0.25, 0.3) is 0 Å². The van der Waals surface area contributed by atoms with Crippen molar-refractivity contribution < 1.29 is 23.5 Å². The number of carbonyl (C=O) groups excluding carboxylic acids is 3. The maximum Gasteiger partial charge on any atom is 0.240 e. The Labute approximate surface area is 211 Å². The summed E-state index contributed by atoms with van der Waals surface area (Å²) >= 11 is 0. The fourth-order valence-electron chi connectivity index (χ4n) is 5.04. The molecule has 2 saturated heterocycles. The Morgan fingerprint density at radius 2 is 1.78 bits per heavy atom. The van der Waals surface area contributed by atoms with Gasteiger partial charge in [0.05, 0.1) is 18.2 Å². The highest BCUT2D eigenvalue weighted by Gasteiger charge is 2.54. The minimum Gasteiger partial charge on any atom is -0.495 e. The third-order valence-corrected chi connectivity index (χ3v) is 7.07. The minimum absolute atomic E-state index is 0.143. The quantitative estimate of drug-likeness (QED) is 0.522. The van der Waals surface area contributed by atoms with Crippen LogP contribution in [0.1, 0.15) is 18.4 Å². The summed E-state index contributed by atoms with van der Waals surface area (Å²) in [5.41, 5.74) is -0.0619. The van der Waals surface area contributed by atoms with Crippen LogP contribution >= 0.6 is 0 Å². The van der Waals surface area contributed by atoms with Crippen LogP contribution in [0.4, 0.5) is 10.1 Å². The summed E-state index contributed by atoms with van der Waals surface area (Å²) < 4.78 is 19.7. The summed E-state index contributed by atoms with van der Waals surface area (Å²) in [6.45, 7) is 2.91. The van der Waals surface area contributed by atoms with Gasteiger partial charge in [0.1, 0.15) is 11.6 Å². The molecule has 2 aromatic rings. The first-order valence-electron chi connectivity index (χ1n) is 12.2. The lowest BCUT2D eigenvalue weighted by Crippen LogP contribution is -2.51. The van der Waals surface area contributed by atoms with Gasteiger partial charge >= 0.3 is 0 Å². The second-order valence-corrected chi connectivity index (χ2v) is 9.64. The number of carbonyl (C=O) groups is 3. The average Bonchev–Trinajstić information content (AvgIpc) is 3.12. The van der Waals surface area contributed by atoms with Crippen LogP contribution in [-0.4, -0.2) is 92.9 Å². The fourth-order valence-corrected chi connectivity index (χ4v) is 5.04. The lowest BCUT2D eigenvalue weighted by Gasteiger charge is -2.38. The van der Waals surface area contributed by atoms with E-state index in [1.807, 2.05) is 43.3 Å². The van der Waals surface area contributed by atoms with Crippen LogP contribution in [-0.2, 0) is 19.8 Å². The Bertz CT molecular complexity index is 1130. The molecule has 8 nitrogen and oxygen atoms in total. The highest BCUT2D eigenvalue weighted by atomic mass is 19.1. The second-order valence-electron chi connectivity index (χ2n) is 9.64. The standard InChI is InChI=1S/C27H33FN4O4/c1-29(2)11-16-32-25(34)19-27(26(32)35,20-7-6-8-21(28)17-20)18-24(33)31-14-12-30(13-15-31)22-9-4-5-10-23(22)36-3/h4-10,17H,11-16,18-19H2,1-3H3/t27-/m0/s1. The number of anilines is 1. The largest absolute Gasteiger partial charge is 0.495 e. The highest BCUT2D eigenvalue weighted by Crippen LogP contribution is 2.40. The summed E-state index contributed by atoms with van der Waals surface area (Å²) in [6, 6.07) is 13.5. The number of rotatable bonds is 8. The predicted molar refractivity (Wildman–Crippen MR) is 134 cm³/mol. The summed E-state index contributed by atoms with van der Waals surface area (Å²) in [5.74, 6) is -0.706. The maximum absolute atomic E-state index is 14.2. The van der Waals surface area contributed by atoms with E-state index in [1.54, 1.807) is 18.1 Å². The number of para-hydroxylation sites is 2. The number of hydrogen-bond acceptors (Lipinski definition) is 6. The molecule has 0 aliphatic carbocycles. The van der Waals surface area contributed by atoms with E-state index >= 15 is 0 Å². The van der Waals surface area contributed by atoms with Gasteiger partial charge in [-0.25, -0.2) is 4.39 Å². The highest BCUT2D eigenvalue weighted by molar-refractivity contribution is 6.10. The van der Waals surface area contributed by atoms with Crippen molar-refractivity contribution in [3.8, 4) is 5.75 Å². The molecule has 2 aliphatic heterocycles. The topological polar surface area (TPSA) is 73.4 Å². The zero-order chi connectivity index (χ0) is 25.9.